The Bertz CT molecular complexity index is 769. The van der Waals surface area contributed by atoms with Crippen molar-refractivity contribution in [1.29, 1.82) is 0 Å². The maximum Gasteiger partial charge on any atom is 0.422 e. The smallest absolute Gasteiger partial charge is 0.422 e. The fourth-order valence-electron chi connectivity index (χ4n) is 2.27. The minimum atomic E-state index is -4.35. The molecular formula is C20H26F3IN4O2. The Kier molecular flexibility index (Phi) is 11.3. The van der Waals surface area contributed by atoms with Crippen LogP contribution in [0.25, 0.3) is 0 Å². The number of ether oxygens (including phenoxy) is 2. The highest BCUT2D eigenvalue weighted by molar-refractivity contribution is 14.0. The van der Waals surface area contributed by atoms with E-state index in [9.17, 15) is 13.2 Å². The minimum absolute atomic E-state index is 0. The van der Waals surface area contributed by atoms with Gasteiger partial charge in [0.25, 0.3) is 0 Å². The van der Waals surface area contributed by atoms with Gasteiger partial charge in [-0.25, -0.2) is 4.98 Å². The number of hydrogen-bond donors (Lipinski definition) is 2. The topological polar surface area (TPSA) is 67.8 Å². The van der Waals surface area contributed by atoms with E-state index in [0.29, 0.717) is 31.5 Å². The number of aliphatic imine (C=N–C) groups is 1. The van der Waals surface area contributed by atoms with Gasteiger partial charge in [-0.2, -0.15) is 13.2 Å². The summed E-state index contributed by atoms with van der Waals surface area (Å²) in [7, 11) is 1.66. The molecular weight excluding hydrogens is 512 g/mol. The standard InChI is InChI=1S/C20H25F3N4O2.HI/c1-3-10-28-18-9-6-16(12-25-18)13-27-19(24-2)26-11-15-4-7-17(8-5-15)29-14-20(21,22)23;/h4-9,12H,3,10-11,13-14H2,1-2H3,(H2,24,26,27);1H. The molecule has 2 aromatic rings. The first-order valence-electron chi connectivity index (χ1n) is 9.20. The van der Waals surface area contributed by atoms with Crippen LogP contribution in [-0.2, 0) is 13.1 Å². The molecule has 1 heterocycles. The molecule has 0 aliphatic rings. The molecule has 0 saturated heterocycles. The lowest BCUT2D eigenvalue weighted by atomic mass is 10.2. The van der Waals surface area contributed by atoms with Gasteiger partial charge in [-0.15, -0.1) is 24.0 Å². The Morgan fingerprint density at radius 2 is 1.63 bits per heavy atom. The van der Waals surface area contributed by atoms with Crippen LogP contribution in [0.1, 0.15) is 24.5 Å². The number of aromatic nitrogens is 1. The van der Waals surface area contributed by atoms with E-state index >= 15 is 0 Å². The predicted molar refractivity (Wildman–Crippen MR) is 120 cm³/mol. The largest absolute Gasteiger partial charge is 0.484 e. The van der Waals surface area contributed by atoms with Gasteiger partial charge in [-0.05, 0) is 29.7 Å². The summed E-state index contributed by atoms with van der Waals surface area (Å²) in [6, 6.07) is 10.2. The van der Waals surface area contributed by atoms with Crippen LogP contribution in [-0.4, -0.2) is 37.4 Å². The molecule has 0 saturated carbocycles. The summed E-state index contributed by atoms with van der Waals surface area (Å²) in [5.41, 5.74) is 1.86. The van der Waals surface area contributed by atoms with Crippen LogP contribution >= 0.6 is 24.0 Å². The molecule has 30 heavy (non-hydrogen) atoms. The zero-order valence-electron chi connectivity index (χ0n) is 16.8. The highest BCUT2D eigenvalue weighted by Gasteiger charge is 2.28. The van der Waals surface area contributed by atoms with Gasteiger partial charge in [0.05, 0.1) is 6.61 Å². The first-order valence-corrected chi connectivity index (χ1v) is 9.20. The first kappa shape index (κ1) is 25.8. The van der Waals surface area contributed by atoms with E-state index in [1.807, 2.05) is 19.1 Å². The van der Waals surface area contributed by atoms with Gasteiger partial charge in [0.1, 0.15) is 5.75 Å². The van der Waals surface area contributed by atoms with E-state index in [4.69, 9.17) is 9.47 Å². The molecule has 0 amide bonds. The number of guanidine groups is 1. The Balaban J connectivity index is 0.00000450. The van der Waals surface area contributed by atoms with E-state index in [1.165, 1.54) is 12.1 Å². The van der Waals surface area contributed by atoms with Crippen molar-refractivity contribution in [3.8, 4) is 11.6 Å². The zero-order valence-corrected chi connectivity index (χ0v) is 19.2. The number of pyridine rings is 1. The second-order valence-corrected chi connectivity index (χ2v) is 6.18. The van der Waals surface area contributed by atoms with Crippen molar-refractivity contribution in [2.75, 3.05) is 20.3 Å². The van der Waals surface area contributed by atoms with Crippen molar-refractivity contribution in [3.63, 3.8) is 0 Å². The van der Waals surface area contributed by atoms with Gasteiger partial charge in [-0.1, -0.05) is 25.1 Å². The van der Waals surface area contributed by atoms with Crippen LogP contribution in [0.4, 0.5) is 13.2 Å². The van der Waals surface area contributed by atoms with Crippen LogP contribution < -0.4 is 20.1 Å². The first-order chi connectivity index (χ1) is 13.9. The molecule has 0 atom stereocenters. The maximum atomic E-state index is 12.2. The molecule has 0 unspecified atom stereocenters. The Hall–Kier alpha value is -2.24. The molecule has 0 aliphatic carbocycles. The molecule has 0 aliphatic heterocycles. The third-order valence-electron chi connectivity index (χ3n) is 3.72. The van der Waals surface area contributed by atoms with Crippen LogP contribution in [0.2, 0.25) is 0 Å². The normalized spacial score (nSPS) is 11.4. The third-order valence-corrected chi connectivity index (χ3v) is 3.72. The summed E-state index contributed by atoms with van der Waals surface area (Å²) >= 11 is 0. The zero-order chi connectivity index (χ0) is 21.1. The molecule has 0 fully saturated rings. The number of nitrogens with zero attached hydrogens (tertiary/aromatic N) is 2. The Labute approximate surface area is 191 Å². The molecule has 6 nitrogen and oxygen atoms in total. The van der Waals surface area contributed by atoms with Crippen molar-refractivity contribution >= 4 is 29.9 Å². The molecule has 0 spiro atoms. The molecule has 166 valence electrons. The summed E-state index contributed by atoms with van der Waals surface area (Å²) in [6.07, 6.45) is -1.68. The van der Waals surface area contributed by atoms with E-state index in [-0.39, 0.29) is 29.7 Å². The molecule has 1 aromatic carbocycles. The molecule has 2 rings (SSSR count). The summed E-state index contributed by atoms with van der Waals surface area (Å²) in [6.45, 7) is 2.36. The third kappa shape index (κ3) is 9.99. The molecule has 10 heteroatoms. The second-order valence-electron chi connectivity index (χ2n) is 6.18. The molecule has 0 radical (unpaired) electrons. The number of nitrogens with one attached hydrogen (secondary N) is 2. The van der Waals surface area contributed by atoms with Gasteiger partial charge < -0.3 is 20.1 Å². The van der Waals surface area contributed by atoms with Crippen LogP contribution in [0, 0.1) is 0 Å². The monoisotopic (exact) mass is 538 g/mol. The van der Waals surface area contributed by atoms with E-state index in [0.717, 1.165) is 17.5 Å². The lowest BCUT2D eigenvalue weighted by Crippen LogP contribution is -2.36. The highest BCUT2D eigenvalue weighted by atomic mass is 127. The average molecular weight is 538 g/mol. The van der Waals surface area contributed by atoms with Crippen LogP contribution in [0.5, 0.6) is 11.6 Å². The van der Waals surface area contributed by atoms with Crippen LogP contribution in [0.3, 0.4) is 0 Å². The SMILES string of the molecule is CCCOc1ccc(CNC(=NC)NCc2ccc(OCC(F)(F)F)cc2)cn1.I. The Morgan fingerprint density at radius 1 is 1.00 bits per heavy atom. The highest BCUT2D eigenvalue weighted by Crippen LogP contribution is 2.18. The van der Waals surface area contributed by atoms with Gasteiger partial charge in [-0.3, -0.25) is 4.99 Å². The van der Waals surface area contributed by atoms with E-state index in [2.05, 4.69) is 20.6 Å². The predicted octanol–water partition coefficient (Wildman–Crippen LogP) is 4.29. The fourth-order valence-corrected chi connectivity index (χ4v) is 2.27. The maximum absolute atomic E-state index is 12.2. The minimum Gasteiger partial charge on any atom is -0.484 e. The van der Waals surface area contributed by atoms with Gasteiger partial charge in [0.2, 0.25) is 5.88 Å². The summed E-state index contributed by atoms with van der Waals surface area (Å²) in [4.78, 5) is 8.40. The lowest BCUT2D eigenvalue weighted by molar-refractivity contribution is -0.153. The van der Waals surface area contributed by atoms with Crippen molar-refractivity contribution < 1.29 is 22.6 Å². The average Bonchev–Trinajstić information content (AvgIpc) is 2.72. The molecule has 2 N–H and O–H groups in total. The number of halogens is 4. The van der Waals surface area contributed by atoms with Crippen molar-refractivity contribution in [2.45, 2.75) is 32.6 Å². The molecule has 0 bridgehead atoms. The summed E-state index contributed by atoms with van der Waals surface area (Å²) in [5.74, 6) is 1.36. The van der Waals surface area contributed by atoms with Crippen molar-refractivity contribution in [3.05, 3.63) is 53.7 Å². The number of hydrogen-bond acceptors (Lipinski definition) is 4. The number of alkyl halides is 3. The Morgan fingerprint density at radius 3 is 2.17 bits per heavy atom. The second kappa shape index (κ2) is 13.1. The fraction of sp³-hybridized carbons (Fsp3) is 0.400. The van der Waals surface area contributed by atoms with Gasteiger partial charge in [0, 0.05) is 32.4 Å². The van der Waals surface area contributed by atoms with Gasteiger partial charge >= 0.3 is 6.18 Å². The van der Waals surface area contributed by atoms with Crippen molar-refractivity contribution in [2.24, 2.45) is 4.99 Å². The quantitative estimate of drug-likeness (QED) is 0.283. The van der Waals surface area contributed by atoms with Crippen LogP contribution in [0.15, 0.2) is 47.6 Å². The van der Waals surface area contributed by atoms with E-state index in [1.54, 1.807) is 25.4 Å². The number of rotatable bonds is 9. The van der Waals surface area contributed by atoms with E-state index < -0.39 is 12.8 Å². The lowest BCUT2D eigenvalue weighted by Gasteiger charge is -2.13. The van der Waals surface area contributed by atoms with Gasteiger partial charge in [0.15, 0.2) is 12.6 Å². The summed E-state index contributed by atoms with van der Waals surface area (Å²) < 4.78 is 46.7. The molecule has 1 aromatic heterocycles. The van der Waals surface area contributed by atoms with Crippen molar-refractivity contribution in [1.82, 2.24) is 15.6 Å². The number of benzene rings is 1. The summed E-state index contributed by atoms with van der Waals surface area (Å²) in [5, 5.41) is 6.32.